The Morgan fingerprint density at radius 2 is 1.69 bits per heavy atom. The quantitative estimate of drug-likeness (QED) is 0.737. The Kier molecular flexibility index (Phi) is 5.38. The molecule has 1 atom stereocenters. The van der Waals surface area contributed by atoms with Gasteiger partial charge < -0.3 is 4.74 Å². The van der Waals surface area contributed by atoms with Gasteiger partial charge in [-0.05, 0) is 80.1 Å². The molecule has 0 aromatic heterocycles. The molecular weight excluding hydrogens is 320 g/mol. The van der Waals surface area contributed by atoms with E-state index >= 15 is 0 Å². The smallest absolute Gasteiger partial charge is 0.122 e. The first-order chi connectivity index (χ1) is 12.3. The zero-order chi connectivity index (χ0) is 18.8. The fourth-order valence-corrected chi connectivity index (χ4v) is 3.31. The molecule has 1 aliphatic heterocycles. The van der Waals surface area contributed by atoms with Crippen LogP contribution in [0.5, 0.6) is 5.75 Å². The van der Waals surface area contributed by atoms with E-state index in [0.717, 1.165) is 5.75 Å². The second kappa shape index (κ2) is 7.55. The van der Waals surface area contributed by atoms with Crippen molar-refractivity contribution < 1.29 is 4.74 Å². The van der Waals surface area contributed by atoms with Crippen LogP contribution in [-0.4, -0.2) is 12.1 Å². The Bertz CT molecular complexity index is 808. The Hall–Kier alpha value is -2.26. The van der Waals surface area contributed by atoms with Gasteiger partial charge in [0, 0.05) is 12.2 Å². The molecule has 0 saturated carbocycles. The Morgan fingerprint density at radius 3 is 2.27 bits per heavy atom. The number of rotatable bonds is 5. The maximum Gasteiger partial charge on any atom is 0.122 e. The Morgan fingerprint density at radius 1 is 1.00 bits per heavy atom. The molecule has 1 N–H and O–H groups in total. The number of benzene rings is 2. The lowest BCUT2D eigenvalue weighted by Gasteiger charge is -2.24. The molecule has 0 bridgehead atoms. The highest BCUT2D eigenvalue weighted by Gasteiger charge is 2.18. The van der Waals surface area contributed by atoms with E-state index in [1.807, 2.05) is 0 Å². The van der Waals surface area contributed by atoms with Crippen LogP contribution < -0.4 is 15.2 Å². The van der Waals surface area contributed by atoms with Crippen molar-refractivity contribution in [3.63, 3.8) is 0 Å². The van der Waals surface area contributed by atoms with Crippen molar-refractivity contribution in [3.05, 3.63) is 59.8 Å². The molecule has 1 heterocycles. The van der Waals surface area contributed by atoms with E-state index in [0.29, 0.717) is 12.0 Å². The van der Waals surface area contributed by atoms with Crippen molar-refractivity contribution in [3.8, 4) is 16.9 Å². The summed E-state index contributed by atoms with van der Waals surface area (Å²) in [7, 11) is 0. The first kappa shape index (κ1) is 18.5. The number of hydrogen-bond acceptors (Lipinski definition) is 3. The topological polar surface area (TPSA) is 24.5 Å². The first-order valence-corrected chi connectivity index (χ1v) is 9.50. The van der Waals surface area contributed by atoms with Crippen LogP contribution in [0, 0.1) is 6.92 Å². The fourth-order valence-electron chi connectivity index (χ4n) is 3.31. The summed E-state index contributed by atoms with van der Waals surface area (Å²) in [6, 6.07) is 13.5. The van der Waals surface area contributed by atoms with Gasteiger partial charge in [0.25, 0.3) is 0 Å². The lowest BCUT2D eigenvalue weighted by Crippen LogP contribution is -2.34. The van der Waals surface area contributed by atoms with Gasteiger partial charge in [-0.1, -0.05) is 32.0 Å². The molecule has 0 radical (unpaired) electrons. The SMILES string of the molecule is Cc1cc(-c2ccc(C(C)C)c(N3C=CC(C)N3)c2)ccc1OC(C)C. The van der Waals surface area contributed by atoms with E-state index < -0.39 is 0 Å². The summed E-state index contributed by atoms with van der Waals surface area (Å²) >= 11 is 0. The van der Waals surface area contributed by atoms with Gasteiger partial charge in [0.2, 0.25) is 0 Å². The molecule has 3 rings (SSSR count). The van der Waals surface area contributed by atoms with Crippen LogP contribution in [-0.2, 0) is 0 Å². The maximum absolute atomic E-state index is 5.88. The second-order valence-electron chi connectivity index (χ2n) is 7.70. The molecule has 3 nitrogen and oxygen atoms in total. The maximum atomic E-state index is 5.88. The van der Waals surface area contributed by atoms with Crippen molar-refractivity contribution in [1.82, 2.24) is 5.43 Å². The van der Waals surface area contributed by atoms with E-state index in [1.165, 1.54) is 27.9 Å². The van der Waals surface area contributed by atoms with Crippen LogP contribution in [0.1, 0.15) is 51.7 Å². The largest absolute Gasteiger partial charge is 0.491 e. The predicted molar refractivity (Wildman–Crippen MR) is 111 cm³/mol. The third-order valence-electron chi connectivity index (χ3n) is 4.65. The highest BCUT2D eigenvalue weighted by Crippen LogP contribution is 2.34. The number of hydrazine groups is 1. The predicted octanol–water partition coefficient (Wildman–Crippen LogP) is 5.80. The minimum Gasteiger partial charge on any atom is -0.491 e. The zero-order valence-corrected chi connectivity index (χ0v) is 16.7. The molecule has 26 heavy (non-hydrogen) atoms. The number of anilines is 1. The summed E-state index contributed by atoms with van der Waals surface area (Å²) < 4.78 is 5.88. The number of aryl methyl sites for hydroxylation is 1. The van der Waals surface area contributed by atoms with Crippen molar-refractivity contribution in [2.45, 2.75) is 59.6 Å². The summed E-state index contributed by atoms with van der Waals surface area (Å²) in [5.74, 6) is 1.43. The molecular formula is C23H30N2O. The number of nitrogens with zero attached hydrogens (tertiary/aromatic N) is 1. The molecule has 0 saturated heterocycles. The van der Waals surface area contributed by atoms with Crippen LogP contribution in [0.4, 0.5) is 5.69 Å². The lowest BCUT2D eigenvalue weighted by atomic mass is 9.95. The normalized spacial score (nSPS) is 16.8. The van der Waals surface area contributed by atoms with Crippen LogP contribution >= 0.6 is 0 Å². The Balaban J connectivity index is 1.98. The van der Waals surface area contributed by atoms with Gasteiger partial charge in [-0.2, -0.15) is 0 Å². The van der Waals surface area contributed by atoms with Crippen molar-refractivity contribution >= 4 is 5.69 Å². The Labute approximate surface area is 157 Å². The summed E-state index contributed by atoms with van der Waals surface area (Å²) in [6.45, 7) is 12.9. The zero-order valence-electron chi connectivity index (χ0n) is 16.7. The molecule has 0 amide bonds. The third kappa shape index (κ3) is 3.94. The summed E-state index contributed by atoms with van der Waals surface area (Å²) in [5, 5.41) is 2.15. The van der Waals surface area contributed by atoms with Crippen LogP contribution in [0.25, 0.3) is 11.1 Å². The van der Waals surface area contributed by atoms with Crippen LogP contribution in [0.2, 0.25) is 0 Å². The highest BCUT2D eigenvalue weighted by molar-refractivity contribution is 5.73. The standard InChI is InChI=1S/C23H30N2O/c1-15(2)21-9-7-20(14-22(21)25-12-11-18(6)24-25)19-8-10-23(17(5)13-19)26-16(3)4/h7-16,18,24H,1-6H3. The monoisotopic (exact) mass is 350 g/mol. The van der Waals surface area contributed by atoms with Crippen molar-refractivity contribution in [2.75, 3.05) is 5.01 Å². The minimum absolute atomic E-state index is 0.187. The highest BCUT2D eigenvalue weighted by atomic mass is 16.5. The molecule has 2 aromatic carbocycles. The second-order valence-corrected chi connectivity index (χ2v) is 7.70. The molecule has 0 spiro atoms. The van der Waals surface area contributed by atoms with Gasteiger partial charge in [-0.3, -0.25) is 5.01 Å². The van der Waals surface area contributed by atoms with Gasteiger partial charge in [-0.15, -0.1) is 0 Å². The minimum atomic E-state index is 0.187. The number of ether oxygens (including phenoxy) is 1. The first-order valence-electron chi connectivity index (χ1n) is 9.50. The van der Waals surface area contributed by atoms with Gasteiger partial charge in [0.05, 0.1) is 11.8 Å². The van der Waals surface area contributed by atoms with E-state index in [1.54, 1.807) is 0 Å². The van der Waals surface area contributed by atoms with Crippen molar-refractivity contribution in [1.29, 1.82) is 0 Å². The van der Waals surface area contributed by atoms with Gasteiger partial charge in [-0.25, -0.2) is 5.43 Å². The fraction of sp³-hybridized carbons (Fsp3) is 0.391. The number of hydrogen-bond donors (Lipinski definition) is 1. The van der Waals surface area contributed by atoms with Gasteiger partial charge >= 0.3 is 0 Å². The van der Waals surface area contributed by atoms with E-state index in [4.69, 9.17) is 4.74 Å². The third-order valence-corrected chi connectivity index (χ3v) is 4.65. The van der Waals surface area contributed by atoms with Crippen LogP contribution in [0.3, 0.4) is 0 Å². The molecule has 2 aromatic rings. The molecule has 0 aliphatic carbocycles. The molecule has 138 valence electrons. The lowest BCUT2D eigenvalue weighted by molar-refractivity contribution is 0.241. The van der Waals surface area contributed by atoms with Gasteiger partial charge in [0.15, 0.2) is 0 Å². The summed E-state index contributed by atoms with van der Waals surface area (Å²) in [4.78, 5) is 0. The summed E-state index contributed by atoms with van der Waals surface area (Å²) in [6.07, 6.45) is 4.49. The van der Waals surface area contributed by atoms with Crippen LogP contribution in [0.15, 0.2) is 48.7 Å². The molecule has 1 unspecified atom stereocenters. The molecule has 1 aliphatic rings. The van der Waals surface area contributed by atoms with E-state index in [2.05, 4.69) is 101 Å². The van der Waals surface area contributed by atoms with Gasteiger partial charge in [0.1, 0.15) is 5.75 Å². The summed E-state index contributed by atoms with van der Waals surface area (Å²) in [5.41, 5.74) is 9.65. The number of nitrogens with one attached hydrogen (secondary N) is 1. The van der Waals surface area contributed by atoms with Crippen molar-refractivity contribution in [2.24, 2.45) is 0 Å². The average Bonchev–Trinajstić information content (AvgIpc) is 3.02. The molecule has 0 fully saturated rings. The molecule has 3 heteroatoms. The van der Waals surface area contributed by atoms with E-state index in [-0.39, 0.29) is 6.10 Å². The average molecular weight is 351 g/mol. The van der Waals surface area contributed by atoms with E-state index in [9.17, 15) is 0 Å².